The summed E-state index contributed by atoms with van der Waals surface area (Å²) in [6.45, 7) is 6.13. The van der Waals surface area contributed by atoms with Crippen molar-refractivity contribution in [2.45, 2.75) is 20.8 Å². The van der Waals surface area contributed by atoms with Gasteiger partial charge in [0.25, 0.3) is 0 Å². The van der Waals surface area contributed by atoms with E-state index in [1.54, 1.807) is 0 Å². The van der Waals surface area contributed by atoms with E-state index in [9.17, 15) is 4.57 Å². The van der Waals surface area contributed by atoms with Crippen molar-refractivity contribution in [3.8, 4) is 0 Å². The lowest BCUT2D eigenvalue weighted by atomic mass is 9.99. The lowest BCUT2D eigenvalue weighted by Gasteiger charge is -2.17. The summed E-state index contributed by atoms with van der Waals surface area (Å²) < 4.78 is 15.3. The summed E-state index contributed by atoms with van der Waals surface area (Å²) in [4.78, 5) is 0. The molecule has 0 saturated heterocycles. The van der Waals surface area contributed by atoms with Crippen LogP contribution in [0.3, 0.4) is 0 Å². The first-order valence-electron chi connectivity index (χ1n) is 2.85. The smallest absolute Gasteiger partial charge is 0.306 e. The first kappa shape index (κ1) is 10.8. The molecule has 0 bridgehead atoms. The highest BCUT2D eigenvalue weighted by Crippen LogP contribution is 2.58. The molecule has 0 unspecified atom stereocenters. The second-order valence-corrected chi connectivity index (χ2v) is 7.53. The van der Waals surface area contributed by atoms with Crippen molar-refractivity contribution in [3.05, 3.63) is 0 Å². The van der Waals surface area contributed by atoms with Crippen LogP contribution in [0, 0.1) is 5.41 Å². The maximum atomic E-state index is 10.6. The number of rotatable bonds is 2. The van der Waals surface area contributed by atoms with Crippen molar-refractivity contribution in [2.24, 2.45) is 5.41 Å². The Bertz CT molecular complexity index is 146. The molecule has 0 spiro atoms. The zero-order valence-corrected chi connectivity index (χ0v) is 8.63. The Kier molecular flexibility index (Phi) is 3.71. The topological polar surface area (TPSA) is 26.3 Å². The molecule has 2 nitrogen and oxygen atoms in total. The molecule has 62 valence electrons. The highest BCUT2D eigenvalue weighted by Gasteiger charge is 2.19. The fraction of sp³-hybridized carbons (Fsp3) is 1.00. The zero-order valence-electron chi connectivity index (χ0n) is 6.23. The van der Waals surface area contributed by atoms with Gasteiger partial charge in [-0.3, -0.25) is 4.57 Å². The molecule has 5 heteroatoms. The van der Waals surface area contributed by atoms with Gasteiger partial charge in [-0.1, -0.05) is 20.8 Å². The van der Waals surface area contributed by atoms with E-state index in [0.29, 0.717) is 6.61 Å². The minimum atomic E-state index is -3.32. The SMILES string of the molecule is CC(C)(C)COP(=O)(Cl)Cl. The molecule has 0 aliphatic carbocycles. The van der Waals surface area contributed by atoms with Crippen molar-refractivity contribution in [3.63, 3.8) is 0 Å². The van der Waals surface area contributed by atoms with Gasteiger partial charge in [0.05, 0.1) is 6.61 Å². The van der Waals surface area contributed by atoms with Crippen LogP contribution in [0.2, 0.25) is 0 Å². The van der Waals surface area contributed by atoms with Crippen molar-refractivity contribution >= 4 is 28.6 Å². The molecule has 0 aromatic rings. The molecule has 0 radical (unpaired) electrons. The normalized spacial score (nSPS) is 13.7. The average molecular weight is 205 g/mol. The van der Waals surface area contributed by atoms with Crippen LogP contribution >= 0.6 is 28.6 Å². The molecule has 0 fully saturated rings. The third kappa shape index (κ3) is 8.77. The van der Waals surface area contributed by atoms with Crippen LogP contribution in [0.15, 0.2) is 0 Å². The van der Waals surface area contributed by atoms with Gasteiger partial charge in [-0.15, -0.1) is 0 Å². The van der Waals surface area contributed by atoms with Crippen molar-refractivity contribution in [1.29, 1.82) is 0 Å². The van der Waals surface area contributed by atoms with Crippen LogP contribution < -0.4 is 0 Å². The Morgan fingerprint density at radius 1 is 1.40 bits per heavy atom. The lowest BCUT2D eigenvalue weighted by Crippen LogP contribution is -2.11. The molecule has 0 aromatic carbocycles. The summed E-state index contributed by atoms with van der Waals surface area (Å²) in [5, 5.41) is 0. The molecule has 0 atom stereocenters. The van der Waals surface area contributed by atoms with Crippen molar-refractivity contribution < 1.29 is 9.09 Å². The number of hydrogen-bond donors (Lipinski definition) is 0. The molecule has 0 aliphatic heterocycles. The molecule has 0 saturated carbocycles. The predicted molar refractivity (Wildman–Crippen MR) is 44.7 cm³/mol. The van der Waals surface area contributed by atoms with Gasteiger partial charge < -0.3 is 4.52 Å². The van der Waals surface area contributed by atoms with Crippen LogP contribution in [0.5, 0.6) is 0 Å². The summed E-state index contributed by atoms with van der Waals surface area (Å²) in [6.07, 6.45) is -3.32. The van der Waals surface area contributed by atoms with E-state index in [1.165, 1.54) is 0 Å². The molecule has 0 heterocycles. The van der Waals surface area contributed by atoms with E-state index in [4.69, 9.17) is 22.5 Å². The third-order valence-electron chi connectivity index (χ3n) is 0.648. The molecule has 0 aromatic heterocycles. The van der Waals surface area contributed by atoms with Gasteiger partial charge in [-0.25, -0.2) is 0 Å². The van der Waals surface area contributed by atoms with Gasteiger partial charge in [0.15, 0.2) is 0 Å². The van der Waals surface area contributed by atoms with Crippen LogP contribution in [0.1, 0.15) is 20.8 Å². The molecule has 0 aliphatic rings. The highest BCUT2D eigenvalue weighted by atomic mass is 35.9. The lowest BCUT2D eigenvalue weighted by molar-refractivity contribution is 0.209. The van der Waals surface area contributed by atoms with E-state index in [2.05, 4.69) is 4.52 Å². The van der Waals surface area contributed by atoms with Gasteiger partial charge in [0.2, 0.25) is 0 Å². The summed E-state index contributed by atoms with van der Waals surface area (Å²) >= 11 is 10.3. The largest absolute Gasteiger partial charge is 0.380 e. The minimum absolute atomic E-state index is 0.0561. The second kappa shape index (κ2) is 3.44. The van der Waals surface area contributed by atoms with Crippen LogP contribution in [-0.4, -0.2) is 6.61 Å². The second-order valence-electron chi connectivity index (χ2n) is 3.25. The first-order chi connectivity index (χ1) is 4.21. The van der Waals surface area contributed by atoms with Crippen LogP contribution in [0.4, 0.5) is 0 Å². The summed E-state index contributed by atoms with van der Waals surface area (Å²) in [5.41, 5.74) is -0.0561. The molecule has 0 rings (SSSR count). The summed E-state index contributed by atoms with van der Waals surface area (Å²) in [7, 11) is 0. The third-order valence-corrected chi connectivity index (χ3v) is 1.66. The van der Waals surface area contributed by atoms with Crippen LogP contribution in [-0.2, 0) is 9.09 Å². The highest BCUT2D eigenvalue weighted by molar-refractivity contribution is 8.05. The van der Waals surface area contributed by atoms with Gasteiger partial charge in [0.1, 0.15) is 0 Å². The van der Waals surface area contributed by atoms with Gasteiger partial charge in [-0.2, -0.15) is 0 Å². The number of halogens is 2. The Hall–Kier alpha value is 0.770. The Labute approximate surface area is 70.9 Å². The molecular formula is C5H11Cl2O2P. The predicted octanol–water partition coefficient (Wildman–Crippen LogP) is 3.63. The molecule has 0 amide bonds. The maximum absolute atomic E-state index is 10.6. The standard InChI is InChI=1S/C5H11Cl2O2P/c1-5(2,3)4-9-10(6,7)8/h4H2,1-3H3. The molecule has 0 N–H and O–H groups in total. The quantitative estimate of drug-likeness (QED) is 0.643. The van der Waals surface area contributed by atoms with E-state index in [1.807, 2.05) is 20.8 Å². The van der Waals surface area contributed by atoms with E-state index in [0.717, 1.165) is 0 Å². The van der Waals surface area contributed by atoms with Crippen molar-refractivity contribution in [1.82, 2.24) is 0 Å². The maximum Gasteiger partial charge on any atom is 0.380 e. The minimum Gasteiger partial charge on any atom is -0.306 e. The summed E-state index contributed by atoms with van der Waals surface area (Å²) in [6, 6.07) is 0. The Morgan fingerprint density at radius 2 is 1.80 bits per heavy atom. The summed E-state index contributed by atoms with van der Waals surface area (Å²) in [5.74, 6) is 0. The van der Waals surface area contributed by atoms with E-state index >= 15 is 0 Å². The first-order valence-corrected chi connectivity index (χ1v) is 6.28. The fourth-order valence-corrected chi connectivity index (χ4v) is 1.10. The molecular weight excluding hydrogens is 194 g/mol. The monoisotopic (exact) mass is 204 g/mol. The Balaban J connectivity index is 3.67. The van der Waals surface area contributed by atoms with Gasteiger partial charge in [0, 0.05) is 0 Å². The molecule has 10 heavy (non-hydrogen) atoms. The number of hydrogen-bond acceptors (Lipinski definition) is 2. The van der Waals surface area contributed by atoms with Crippen LogP contribution in [0.25, 0.3) is 0 Å². The average Bonchev–Trinajstić information content (AvgIpc) is 1.57. The Morgan fingerprint density at radius 3 is 1.90 bits per heavy atom. The van der Waals surface area contributed by atoms with Gasteiger partial charge in [-0.05, 0) is 27.9 Å². The van der Waals surface area contributed by atoms with E-state index in [-0.39, 0.29) is 5.41 Å². The fourth-order valence-electron chi connectivity index (χ4n) is 0.269. The van der Waals surface area contributed by atoms with E-state index < -0.39 is 6.07 Å². The zero-order chi connectivity index (χ0) is 8.41. The van der Waals surface area contributed by atoms with Crippen molar-refractivity contribution in [2.75, 3.05) is 6.61 Å². The van der Waals surface area contributed by atoms with Gasteiger partial charge >= 0.3 is 6.07 Å².